The van der Waals surface area contributed by atoms with Gasteiger partial charge in [-0.25, -0.2) is 0 Å². The van der Waals surface area contributed by atoms with E-state index in [4.69, 9.17) is 16.9 Å². The molecule has 2 rings (SSSR count). The second kappa shape index (κ2) is 4.16. The minimum absolute atomic E-state index is 0.714. The van der Waals surface area contributed by atoms with Gasteiger partial charge in [0.15, 0.2) is 0 Å². The normalized spacial score (nSPS) is 10.7. The molecule has 0 fully saturated rings. The summed E-state index contributed by atoms with van der Waals surface area (Å²) in [5.74, 6) is 0. The Bertz CT molecular complexity index is 559. The topological polar surface area (TPSA) is 23.8 Å². The quantitative estimate of drug-likeness (QED) is 0.656. The van der Waals surface area contributed by atoms with Crippen LogP contribution in [0.1, 0.15) is 5.56 Å². The first-order valence-electron chi connectivity index (χ1n) is 4.56. The van der Waals surface area contributed by atoms with Crippen LogP contribution in [-0.2, 0) is 0 Å². The molecule has 2 heteroatoms. The molecule has 0 heterocycles. The zero-order chi connectivity index (χ0) is 10.7. The maximum Gasteiger partial charge on any atom is 0.0912 e. The van der Waals surface area contributed by atoms with Crippen LogP contribution in [0.4, 0.5) is 0 Å². The van der Waals surface area contributed by atoms with E-state index in [1.165, 1.54) is 6.08 Å². The molecule has 0 amide bonds. The van der Waals surface area contributed by atoms with Crippen LogP contribution >= 0.6 is 11.6 Å². The van der Waals surface area contributed by atoms with E-state index in [1.54, 1.807) is 6.08 Å². The highest BCUT2D eigenvalue weighted by molar-refractivity contribution is 6.36. The molecule has 2 aromatic rings. The fraction of sp³-hybridized carbons (Fsp3) is 0. The van der Waals surface area contributed by atoms with Crippen molar-refractivity contribution < 1.29 is 0 Å². The number of halogens is 1. The summed E-state index contributed by atoms with van der Waals surface area (Å²) in [6.07, 6.45) is 3.23. The number of nitriles is 1. The number of nitrogens with zero attached hydrogens (tertiary/aromatic N) is 1. The van der Waals surface area contributed by atoms with Gasteiger partial charge in [-0.2, -0.15) is 5.26 Å². The Labute approximate surface area is 93.2 Å². The van der Waals surface area contributed by atoms with E-state index < -0.39 is 0 Å². The predicted octanol–water partition coefficient (Wildman–Crippen LogP) is 4.03. The van der Waals surface area contributed by atoms with Gasteiger partial charge in [0.1, 0.15) is 0 Å². The standard InChI is InChI=1S/C13H8ClN/c14-12-8-2-6-10-4-1-5-11(13(10)12)7-3-9-15/h1-8H. The van der Waals surface area contributed by atoms with Gasteiger partial charge >= 0.3 is 0 Å². The summed E-state index contributed by atoms with van der Waals surface area (Å²) < 4.78 is 0. The minimum Gasteiger partial charge on any atom is -0.193 e. The highest BCUT2D eigenvalue weighted by Crippen LogP contribution is 2.27. The van der Waals surface area contributed by atoms with Crippen molar-refractivity contribution in [3.63, 3.8) is 0 Å². The summed E-state index contributed by atoms with van der Waals surface area (Å²) in [7, 11) is 0. The number of allylic oxidation sites excluding steroid dienone is 1. The van der Waals surface area contributed by atoms with Gasteiger partial charge in [0, 0.05) is 16.5 Å². The van der Waals surface area contributed by atoms with Crippen LogP contribution in [0.15, 0.2) is 42.5 Å². The van der Waals surface area contributed by atoms with Crippen molar-refractivity contribution in [1.29, 1.82) is 5.26 Å². The molecular weight excluding hydrogens is 206 g/mol. The van der Waals surface area contributed by atoms with Gasteiger partial charge in [0.2, 0.25) is 0 Å². The third kappa shape index (κ3) is 1.86. The lowest BCUT2D eigenvalue weighted by atomic mass is 10.0. The van der Waals surface area contributed by atoms with Crippen LogP contribution < -0.4 is 0 Å². The van der Waals surface area contributed by atoms with Crippen molar-refractivity contribution in [3.8, 4) is 6.07 Å². The van der Waals surface area contributed by atoms with Gasteiger partial charge in [-0.15, -0.1) is 0 Å². The fourth-order valence-electron chi connectivity index (χ4n) is 1.59. The van der Waals surface area contributed by atoms with Crippen molar-refractivity contribution in [2.45, 2.75) is 0 Å². The Kier molecular flexibility index (Phi) is 2.71. The second-order valence-electron chi connectivity index (χ2n) is 3.15. The smallest absolute Gasteiger partial charge is 0.0912 e. The number of hydrogen-bond acceptors (Lipinski definition) is 1. The maximum atomic E-state index is 8.50. The molecule has 0 aromatic heterocycles. The zero-order valence-electron chi connectivity index (χ0n) is 7.94. The van der Waals surface area contributed by atoms with Crippen molar-refractivity contribution in [3.05, 3.63) is 53.1 Å². The third-order valence-electron chi connectivity index (χ3n) is 2.22. The lowest BCUT2D eigenvalue weighted by molar-refractivity contribution is 1.54. The van der Waals surface area contributed by atoms with Crippen molar-refractivity contribution in [2.24, 2.45) is 0 Å². The van der Waals surface area contributed by atoms with Gasteiger partial charge < -0.3 is 0 Å². The third-order valence-corrected chi connectivity index (χ3v) is 2.54. The van der Waals surface area contributed by atoms with Crippen LogP contribution in [0.5, 0.6) is 0 Å². The summed E-state index contributed by atoms with van der Waals surface area (Å²) in [6, 6.07) is 13.7. The molecule has 0 saturated heterocycles. The summed E-state index contributed by atoms with van der Waals surface area (Å²) in [5, 5.41) is 11.3. The number of fused-ring (bicyclic) bond motifs is 1. The highest BCUT2D eigenvalue weighted by atomic mass is 35.5. The summed E-state index contributed by atoms with van der Waals surface area (Å²) >= 11 is 6.12. The Balaban J connectivity index is 2.75. The summed E-state index contributed by atoms with van der Waals surface area (Å²) in [6.45, 7) is 0. The van der Waals surface area contributed by atoms with Crippen LogP contribution in [-0.4, -0.2) is 0 Å². The average molecular weight is 214 g/mol. The van der Waals surface area contributed by atoms with Crippen LogP contribution in [0.25, 0.3) is 16.8 Å². The van der Waals surface area contributed by atoms with Gasteiger partial charge in [-0.3, -0.25) is 0 Å². The monoisotopic (exact) mass is 213 g/mol. The molecule has 15 heavy (non-hydrogen) atoms. The molecule has 0 N–H and O–H groups in total. The number of rotatable bonds is 1. The Morgan fingerprint density at radius 1 is 1.13 bits per heavy atom. The van der Waals surface area contributed by atoms with Crippen molar-refractivity contribution >= 4 is 28.4 Å². The van der Waals surface area contributed by atoms with Gasteiger partial charge in [0.05, 0.1) is 6.07 Å². The minimum atomic E-state index is 0.714. The molecule has 0 atom stereocenters. The lowest BCUT2D eigenvalue weighted by Crippen LogP contribution is -1.79. The molecular formula is C13H8ClN. The summed E-state index contributed by atoms with van der Waals surface area (Å²) in [4.78, 5) is 0. The molecule has 0 aliphatic carbocycles. The highest BCUT2D eigenvalue weighted by Gasteiger charge is 2.01. The van der Waals surface area contributed by atoms with Gasteiger partial charge in [-0.05, 0) is 23.1 Å². The van der Waals surface area contributed by atoms with Crippen LogP contribution in [0, 0.1) is 11.3 Å². The second-order valence-corrected chi connectivity index (χ2v) is 3.55. The Hall–Kier alpha value is -1.78. The summed E-state index contributed by atoms with van der Waals surface area (Å²) in [5.41, 5.74) is 0.972. The number of hydrogen-bond donors (Lipinski definition) is 0. The molecule has 72 valence electrons. The first kappa shape index (κ1) is 9.76. The maximum absolute atomic E-state index is 8.50. The van der Waals surface area contributed by atoms with E-state index in [0.717, 1.165) is 16.3 Å². The molecule has 0 aliphatic rings. The SMILES string of the molecule is N#CC=Cc1cccc2cccc(Cl)c12. The molecule has 0 aliphatic heterocycles. The molecule has 0 spiro atoms. The molecule has 2 aromatic carbocycles. The van der Waals surface area contributed by atoms with E-state index in [9.17, 15) is 0 Å². The van der Waals surface area contributed by atoms with Crippen LogP contribution in [0.3, 0.4) is 0 Å². The van der Waals surface area contributed by atoms with Crippen LogP contribution in [0.2, 0.25) is 5.02 Å². The van der Waals surface area contributed by atoms with E-state index in [1.807, 2.05) is 42.5 Å². The average Bonchev–Trinajstić information content (AvgIpc) is 2.26. The van der Waals surface area contributed by atoms with Gasteiger partial charge in [0.25, 0.3) is 0 Å². The number of benzene rings is 2. The van der Waals surface area contributed by atoms with Crippen molar-refractivity contribution in [2.75, 3.05) is 0 Å². The van der Waals surface area contributed by atoms with E-state index in [-0.39, 0.29) is 0 Å². The molecule has 1 nitrogen and oxygen atoms in total. The predicted molar refractivity (Wildman–Crippen MR) is 63.6 cm³/mol. The lowest BCUT2D eigenvalue weighted by Gasteiger charge is -2.03. The Morgan fingerprint density at radius 3 is 2.60 bits per heavy atom. The van der Waals surface area contributed by atoms with E-state index >= 15 is 0 Å². The molecule has 0 saturated carbocycles. The largest absolute Gasteiger partial charge is 0.193 e. The van der Waals surface area contributed by atoms with Crippen molar-refractivity contribution in [1.82, 2.24) is 0 Å². The molecule has 0 radical (unpaired) electrons. The van der Waals surface area contributed by atoms with E-state index in [0.29, 0.717) is 5.02 Å². The molecule has 0 unspecified atom stereocenters. The molecule has 0 bridgehead atoms. The fourth-order valence-corrected chi connectivity index (χ4v) is 1.88. The van der Waals surface area contributed by atoms with E-state index in [2.05, 4.69) is 0 Å². The first-order valence-corrected chi connectivity index (χ1v) is 4.94. The van der Waals surface area contributed by atoms with Gasteiger partial charge in [-0.1, -0.05) is 41.9 Å². The zero-order valence-corrected chi connectivity index (χ0v) is 8.70. The Morgan fingerprint density at radius 2 is 1.87 bits per heavy atom. The first-order chi connectivity index (χ1) is 7.33.